The molecule has 0 fully saturated rings. The van der Waals surface area contributed by atoms with Crippen molar-refractivity contribution in [2.45, 2.75) is 27.0 Å². The molecule has 0 atom stereocenters. The lowest BCUT2D eigenvalue weighted by atomic mass is 10.1. The number of nitrogens with zero attached hydrogens (tertiary/aromatic N) is 2. The number of likely N-dealkylation sites (N-methyl/N-ethyl adjacent to an activating group) is 1. The Hall–Kier alpha value is -2.16. The molecule has 2 rings (SSSR count). The molecule has 0 heterocycles. The van der Waals surface area contributed by atoms with Crippen LogP contribution in [0.4, 0.5) is 5.69 Å². The summed E-state index contributed by atoms with van der Waals surface area (Å²) >= 11 is 3.61. The first-order chi connectivity index (χ1) is 14.0. The quantitative estimate of drug-likeness (QED) is 0.284. The lowest BCUT2D eigenvalue weighted by molar-refractivity contribution is -0.384. The van der Waals surface area contributed by atoms with E-state index in [4.69, 9.17) is 9.47 Å². The number of nitro benzene ring substituents is 1. The fourth-order valence-electron chi connectivity index (χ4n) is 2.93. The molecule has 2 aromatic carbocycles. The van der Waals surface area contributed by atoms with Gasteiger partial charge in [0.25, 0.3) is 5.69 Å². The number of halogens is 1. The zero-order valence-electron chi connectivity index (χ0n) is 17.1. The van der Waals surface area contributed by atoms with Gasteiger partial charge in [0, 0.05) is 41.8 Å². The number of hydrogen-bond donors (Lipinski definition) is 1. The van der Waals surface area contributed by atoms with Gasteiger partial charge in [-0.25, -0.2) is 0 Å². The van der Waals surface area contributed by atoms with Gasteiger partial charge in [0.05, 0.1) is 12.0 Å². The molecular formula is C21H28BrN3O4. The first kappa shape index (κ1) is 23.1. The van der Waals surface area contributed by atoms with Crippen molar-refractivity contribution < 1.29 is 14.4 Å². The van der Waals surface area contributed by atoms with Gasteiger partial charge in [-0.2, -0.15) is 0 Å². The van der Waals surface area contributed by atoms with E-state index in [0.29, 0.717) is 18.0 Å². The van der Waals surface area contributed by atoms with Crippen LogP contribution in [0.2, 0.25) is 0 Å². The smallest absolute Gasteiger partial charge is 0.269 e. The molecule has 158 valence electrons. The van der Waals surface area contributed by atoms with Gasteiger partial charge in [-0.1, -0.05) is 29.8 Å². The molecule has 0 aromatic heterocycles. The molecule has 0 aliphatic carbocycles. The third-order valence-electron chi connectivity index (χ3n) is 4.72. The number of methoxy groups -OCH3 is 1. The Labute approximate surface area is 180 Å². The number of nitrogens with one attached hydrogen (secondary N) is 1. The fraction of sp³-hybridized carbons (Fsp3) is 0.429. The highest BCUT2D eigenvalue weighted by Crippen LogP contribution is 2.36. The molecule has 29 heavy (non-hydrogen) atoms. The summed E-state index contributed by atoms with van der Waals surface area (Å²) in [6, 6.07) is 10.2. The average Bonchev–Trinajstić information content (AvgIpc) is 2.73. The van der Waals surface area contributed by atoms with Gasteiger partial charge in [-0.3, -0.25) is 10.1 Å². The second kappa shape index (κ2) is 11.7. The highest BCUT2D eigenvalue weighted by molar-refractivity contribution is 9.10. The third kappa shape index (κ3) is 6.69. The second-order valence-corrected chi connectivity index (χ2v) is 7.33. The first-order valence-electron chi connectivity index (χ1n) is 9.64. The van der Waals surface area contributed by atoms with Gasteiger partial charge in [0.1, 0.15) is 6.61 Å². The van der Waals surface area contributed by atoms with Crippen LogP contribution >= 0.6 is 15.9 Å². The molecule has 0 saturated heterocycles. The van der Waals surface area contributed by atoms with E-state index >= 15 is 0 Å². The maximum atomic E-state index is 10.8. The van der Waals surface area contributed by atoms with Crippen molar-refractivity contribution in [3.8, 4) is 11.5 Å². The summed E-state index contributed by atoms with van der Waals surface area (Å²) in [7, 11) is 1.61. The molecular weight excluding hydrogens is 438 g/mol. The molecule has 8 heteroatoms. The minimum absolute atomic E-state index is 0.0619. The van der Waals surface area contributed by atoms with Crippen molar-refractivity contribution in [1.29, 1.82) is 0 Å². The molecule has 0 bridgehead atoms. The van der Waals surface area contributed by atoms with E-state index in [-0.39, 0.29) is 12.3 Å². The molecule has 0 aliphatic rings. The highest BCUT2D eigenvalue weighted by atomic mass is 79.9. The zero-order valence-corrected chi connectivity index (χ0v) is 18.7. The van der Waals surface area contributed by atoms with Crippen LogP contribution in [0, 0.1) is 10.1 Å². The van der Waals surface area contributed by atoms with Crippen LogP contribution < -0.4 is 14.8 Å². The summed E-state index contributed by atoms with van der Waals surface area (Å²) in [5.74, 6) is 1.31. The molecule has 1 N–H and O–H groups in total. The van der Waals surface area contributed by atoms with E-state index < -0.39 is 4.92 Å². The lowest BCUT2D eigenvalue weighted by Crippen LogP contribution is -2.31. The number of benzene rings is 2. The first-order valence-corrected chi connectivity index (χ1v) is 10.4. The largest absolute Gasteiger partial charge is 0.493 e. The SMILES string of the molecule is CCN(CC)CCNCc1c(Br)ccc(OC)c1OCc1ccc([N+](=O)[O-])cc1. The number of ether oxygens (including phenoxy) is 2. The van der Waals surface area contributed by atoms with E-state index in [0.717, 1.165) is 41.8 Å². The van der Waals surface area contributed by atoms with E-state index in [9.17, 15) is 10.1 Å². The van der Waals surface area contributed by atoms with Crippen molar-refractivity contribution in [2.75, 3.05) is 33.3 Å². The predicted octanol–water partition coefficient (Wildman–Crippen LogP) is 4.38. The molecule has 2 aromatic rings. The predicted molar refractivity (Wildman–Crippen MR) is 118 cm³/mol. The van der Waals surface area contributed by atoms with Crippen LogP contribution in [0.5, 0.6) is 11.5 Å². The Bertz CT molecular complexity index is 795. The summed E-state index contributed by atoms with van der Waals surface area (Å²) in [5.41, 5.74) is 1.88. The van der Waals surface area contributed by atoms with Gasteiger partial charge in [-0.15, -0.1) is 0 Å². The monoisotopic (exact) mass is 465 g/mol. The molecule has 0 spiro atoms. The Morgan fingerprint density at radius 1 is 1.14 bits per heavy atom. The van der Waals surface area contributed by atoms with E-state index in [1.807, 2.05) is 12.1 Å². The minimum Gasteiger partial charge on any atom is -0.493 e. The fourth-order valence-corrected chi connectivity index (χ4v) is 3.38. The van der Waals surface area contributed by atoms with E-state index in [2.05, 4.69) is 40.0 Å². The van der Waals surface area contributed by atoms with Gasteiger partial charge < -0.3 is 19.7 Å². The van der Waals surface area contributed by atoms with Crippen LogP contribution in [0.1, 0.15) is 25.0 Å². The van der Waals surface area contributed by atoms with Crippen LogP contribution in [0.25, 0.3) is 0 Å². The average molecular weight is 466 g/mol. The summed E-state index contributed by atoms with van der Waals surface area (Å²) < 4.78 is 12.5. The van der Waals surface area contributed by atoms with E-state index in [1.54, 1.807) is 19.2 Å². The maximum Gasteiger partial charge on any atom is 0.269 e. The number of nitro groups is 1. The lowest BCUT2D eigenvalue weighted by Gasteiger charge is -2.20. The summed E-state index contributed by atoms with van der Waals surface area (Å²) in [5, 5.41) is 14.3. The standard InChI is InChI=1S/C21H28BrN3O4/c1-4-24(5-2)13-12-23-14-18-19(22)10-11-20(28-3)21(18)29-15-16-6-8-17(9-7-16)25(26)27/h6-11,23H,4-5,12-15H2,1-3H3. The Kier molecular flexibility index (Phi) is 9.37. The molecule has 0 aliphatic heterocycles. The molecule has 0 radical (unpaired) electrons. The molecule has 0 unspecified atom stereocenters. The number of rotatable bonds is 12. The van der Waals surface area contributed by atoms with E-state index in [1.165, 1.54) is 12.1 Å². The number of hydrogen-bond acceptors (Lipinski definition) is 6. The normalized spacial score (nSPS) is 10.9. The van der Waals surface area contributed by atoms with Crippen molar-refractivity contribution >= 4 is 21.6 Å². The summed E-state index contributed by atoms with van der Waals surface area (Å²) in [4.78, 5) is 12.8. The van der Waals surface area contributed by atoms with Crippen molar-refractivity contribution in [3.63, 3.8) is 0 Å². The zero-order chi connectivity index (χ0) is 21.2. The summed E-state index contributed by atoms with van der Waals surface area (Å²) in [6.07, 6.45) is 0. The Balaban J connectivity index is 2.08. The van der Waals surface area contributed by atoms with Crippen LogP contribution in [-0.2, 0) is 13.2 Å². The minimum atomic E-state index is -0.413. The third-order valence-corrected chi connectivity index (χ3v) is 5.46. The van der Waals surface area contributed by atoms with Crippen molar-refractivity contribution in [2.24, 2.45) is 0 Å². The molecule has 0 saturated carbocycles. The van der Waals surface area contributed by atoms with Crippen molar-refractivity contribution in [1.82, 2.24) is 10.2 Å². The Morgan fingerprint density at radius 2 is 1.83 bits per heavy atom. The van der Waals surface area contributed by atoms with Gasteiger partial charge >= 0.3 is 0 Å². The second-order valence-electron chi connectivity index (χ2n) is 6.47. The molecule has 0 amide bonds. The van der Waals surface area contributed by atoms with Crippen LogP contribution in [0.3, 0.4) is 0 Å². The van der Waals surface area contributed by atoms with Crippen LogP contribution in [0.15, 0.2) is 40.9 Å². The Morgan fingerprint density at radius 3 is 2.41 bits per heavy atom. The van der Waals surface area contributed by atoms with Gasteiger partial charge in [0.15, 0.2) is 11.5 Å². The van der Waals surface area contributed by atoms with Crippen LogP contribution in [-0.4, -0.2) is 43.1 Å². The van der Waals surface area contributed by atoms with Crippen molar-refractivity contribution in [3.05, 3.63) is 62.1 Å². The topological polar surface area (TPSA) is 76.9 Å². The van der Waals surface area contributed by atoms with Gasteiger partial charge in [-0.05, 0) is 42.9 Å². The molecule has 7 nitrogen and oxygen atoms in total. The highest BCUT2D eigenvalue weighted by Gasteiger charge is 2.15. The maximum absolute atomic E-state index is 10.8. The summed E-state index contributed by atoms with van der Waals surface area (Å²) in [6.45, 7) is 9.15. The number of non-ortho nitro benzene ring substituents is 1. The van der Waals surface area contributed by atoms with Gasteiger partial charge in [0.2, 0.25) is 0 Å².